The average molecular weight is 522 g/mol. The maximum absolute atomic E-state index is 13.3. The number of carbonyl (C=O) groups excluding carboxylic acids is 3. The van der Waals surface area contributed by atoms with E-state index in [1.807, 2.05) is 0 Å². The average Bonchev–Trinajstić information content (AvgIpc) is 2.87. The zero-order valence-electron chi connectivity index (χ0n) is 20.8. The Bertz CT molecular complexity index is 1080. The molecule has 0 bridgehead atoms. The summed E-state index contributed by atoms with van der Waals surface area (Å²) in [5.74, 6) is -1.61. The largest absolute Gasteiger partial charge is 0.469 e. The van der Waals surface area contributed by atoms with Gasteiger partial charge in [0.1, 0.15) is 6.42 Å². The SMILES string of the molecule is CCOC(=O)CC(=O)N(Cc1ccc(-c2ccc(C(F)(F)F)cc2)cc1)C1(CC(=O)OC)CCOCC1. The van der Waals surface area contributed by atoms with E-state index in [4.69, 9.17) is 14.2 Å². The molecule has 0 aromatic heterocycles. The van der Waals surface area contributed by atoms with Crippen LogP contribution in [0.4, 0.5) is 13.2 Å². The number of alkyl halides is 3. The molecule has 7 nitrogen and oxygen atoms in total. The number of nitrogens with zero attached hydrogens (tertiary/aromatic N) is 1. The molecular formula is C27H30F3NO6. The molecule has 1 amide bonds. The Kier molecular flexibility index (Phi) is 9.31. The fourth-order valence-corrected chi connectivity index (χ4v) is 4.42. The van der Waals surface area contributed by atoms with Gasteiger partial charge in [0.15, 0.2) is 0 Å². The van der Waals surface area contributed by atoms with E-state index in [1.165, 1.54) is 24.1 Å². The van der Waals surface area contributed by atoms with Crippen LogP contribution in [0.3, 0.4) is 0 Å². The normalized spacial score (nSPS) is 15.1. The first-order chi connectivity index (χ1) is 17.6. The number of benzene rings is 2. The Morgan fingerprint density at radius 3 is 2.03 bits per heavy atom. The second-order valence-electron chi connectivity index (χ2n) is 8.82. The molecule has 0 atom stereocenters. The molecule has 0 saturated carbocycles. The third-order valence-electron chi connectivity index (χ3n) is 6.44. The van der Waals surface area contributed by atoms with Crippen molar-refractivity contribution >= 4 is 17.8 Å². The summed E-state index contributed by atoms with van der Waals surface area (Å²) < 4.78 is 53.9. The summed E-state index contributed by atoms with van der Waals surface area (Å²) in [6, 6.07) is 11.9. The molecule has 1 aliphatic heterocycles. The number of esters is 2. The molecule has 1 heterocycles. The van der Waals surface area contributed by atoms with Crippen LogP contribution in [0.5, 0.6) is 0 Å². The summed E-state index contributed by atoms with van der Waals surface area (Å²) in [4.78, 5) is 39.3. The number of hydrogen-bond acceptors (Lipinski definition) is 6. The number of halogens is 3. The predicted octanol–water partition coefficient (Wildman–Crippen LogP) is 4.77. The van der Waals surface area contributed by atoms with Crippen molar-refractivity contribution < 1.29 is 41.8 Å². The predicted molar refractivity (Wildman–Crippen MR) is 128 cm³/mol. The van der Waals surface area contributed by atoms with Crippen LogP contribution >= 0.6 is 0 Å². The van der Waals surface area contributed by atoms with E-state index < -0.39 is 41.5 Å². The Hall–Kier alpha value is -3.40. The van der Waals surface area contributed by atoms with Crippen LogP contribution in [0.1, 0.15) is 43.7 Å². The number of carbonyl (C=O) groups is 3. The second kappa shape index (κ2) is 12.2. The van der Waals surface area contributed by atoms with Crippen LogP contribution in [0.15, 0.2) is 48.5 Å². The second-order valence-corrected chi connectivity index (χ2v) is 8.82. The van der Waals surface area contributed by atoms with Gasteiger partial charge in [-0.3, -0.25) is 14.4 Å². The summed E-state index contributed by atoms with van der Waals surface area (Å²) in [5.41, 5.74) is 0.416. The van der Waals surface area contributed by atoms with Crippen LogP contribution in [-0.2, 0) is 41.3 Å². The molecule has 0 N–H and O–H groups in total. The van der Waals surface area contributed by atoms with Crippen molar-refractivity contribution in [3.63, 3.8) is 0 Å². The van der Waals surface area contributed by atoms with E-state index in [0.29, 0.717) is 37.2 Å². The van der Waals surface area contributed by atoms with Crippen molar-refractivity contribution in [1.29, 1.82) is 0 Å². The molecule has 2 aromatic rings. The summed E-state index contributed by atoms with van der Waals surface area (Å²) in [7, 11) is 1.28. The van der Waals surface area contributed by atoms with E-state index >= 15 is 0 Å². The van der Waals surface area contributed by atoms with Gasteiger partial charge in [0.25, 0.3) is 0 Å². The standard InChI is InChI=1S/C27H30F3NO6/c1-3-37-24(33)16-23(32)31(26(17-25(34)35-2)12-14-36-15-13-26)18-19-4-6-20(7-5-19)21-8-10-22(11-9-21)27(28,29)30/h4-11H,3,12-18H2,1-2H3. The Morgan fingerprint density at radius 2 is 1.51 bits per heavy atom. The van der Waals surface area contributed by atoms with Crippen LogP contribution in [0.2, 0.25) is 0 Å². The van der Waals surface area contributed by atoms with Crippen LogP contribution in [-0.4, -0.2) is 55.2 Å². The van der Waals surface area contributed by atoms with Crippen LogP contribution in [0.25, 0.3) is 11.1 Å². The Balaban J connectivity index is 1.88. The van der Waals surface area contributed by atoms with Gasteiger partial charge in [0, 0.05) is 19.8 Å². The van der Waals surface area contributed by atoms with Gasteiger partial charge in [0.05, 0.1) is 31.2 Å². The molecule has 1 aliphatic rings. The quantitative estimate of drug-likeness (QED) is 0.349. The molecule has 2 aromatic carbocycles. The van der Waals surface area contributed by atoms with E-state index in [2.05, 4.69) is 0 Å². The van der Waals surface area contributed by atoms with Gasteiger partial charge >= 0.3 is 18.1 Å². The summed E-state index contributed by atoms with van der Waals surface area (Å²) in [5, 5.41) is 0. The lowest BCUT2D eigenvalue weighted by Gasteiger charge is -2.46. The molecule has 10 heteroatoms. The zero-order chi connectivity index (χ0) is 27.1. The number of rotatable bonds is 9. The summed E-state index contributed by atoms with van der Waals surface area (Å²) in [6.07, 6.45) is -4.15. The highest BCUT2D eigenvalue weighted by atomic mass is 19.4. The van der Waals surface area contributed by atoms with Crippen molar-refractivity contribution in [3.05, 3.63) is 59.7 Å². The number of ether oxygens (including phenoxy) is 3. The van der Waals surface area contributed by atoms with Gasteiger partial charge < -0.3 is 19.1 Å². The van der Waals surface area contributed by atoms with Crippen molar-refractivity contribution in [2.45, 2.75) is 50.9 Å². The van der Waals surface area contributed by atoms with Crippen LogP contribution in [0, 0.1) is 0 Å². The molecule has 0 unspecified atom stereocenters. The van der Waals surface area contributed by atoms with E-state index in [1.54, 1.807) is 31.2 Å². The highest BCUT2D eigenvalue weighted by Crippen LogP contribution is 2.35. The molecule has 0 radical (unpaired) electrons. The molecule has 0 spiro atoms. The van der Waals surface area contributed by atoms with Gasteiger partial charge in [-0.05, 0) is 48.6 Å². The molecule has 0 aliphatic carbocycles. The number of hydrogen-bond donors (Lipinski definition) is 0. The zero-order valence-corrected chi connectivity index (χ0v) is 20.8. The van der Waals surface area contributed by atoms with Crippen molar-refractivity contribution in [3.8, 4) is 11.1 Å². The first kappa shape index (κ1) is 28.2. The lowest BCUT2D eigenvalue weighted by atomic mass is 9.83. The third-order valence-corrected chi connectivity index (χ3v) is 6.44. The topological polar surface area (TPSA) is 82.1 Å². The first-order valence-electron chi connectivity index (χ1n) is 11.9. The highest BCUT2D eigenvalue weighted by molar-refractivity contribution is 5.95. The van der Waals surface area contributed by atoms with Gasteiger partial charge in [-0.25, -0.2) is 0 Å². The van der Waals surface area contributed by atoms with Crippen molar-refractivity contribution in [2.24, 2.45) is 0 Å². The fourth-order valence-electron chi connectivity index (χ4n) is 4.42. The molecule has 3 rings (SSSR count). The fraction of sp³-hybridized carbons (Fsp3) is 0.444. The number of amides is 1. The van der Waals surface area contributed by atoms with Gasteiger partial charge in [-0.2, -0.15) is 13.2 Å². The highest BCUT2D eigenvalue weighted by Gasteiger charge is 2.43. The van der Waals surface area contributed by atoms with E-state index in [0.717, 1.165) is 17.7 Å². The minimum Gasteiger partial charge on any atom is -0.469 e. The monoisotopic (exact) mass is 521 g/mol. The smallest absolute Gasteiger partial charge is 0.416 e. The Labute approximate surface area is 213 Å². The number of methoxy groups -OCH3 is 1. The maximum atomic E-state index is 13.3. The minimum atomic E-state index is -4.41. The summed E-state index contributed by atoms with van der Waals surface area (Å²) >= 11 is 0. The molecule has 1 fully saturated rings. The molecule has 1 saturated heterocycles. The molecule has 37 heavy (non-hydrogen) atoms. The van der Waals surface area contributed by atoms with Gasteiger partial charge in [-0.1, -0.05) is 36.4 Å². The van der Waals surface area contributed by atoms with E-state index in [-0.39, 0.29) is 19.6 Å². The maximum Gasteiger partial charge on any atom is 0.416 e. The molecule has 200 valence electrons. The third kappa shape index (κ3) is 7.31. The van der Waals surface area contributed by atoms with Crippen molar-refractivity contribution in [1.82, 2.24) is 4.90 Å². The first-order valence-corrected chi connectivity index (χ1v) is 11.9. The lowest BCUT2D eigenvalue weighted by Crippen LogP contribution is -2.56. The Morgan fingerprint density at radius 1 is 0.946 bits per heavy atom. The van der Waals surface area contributed by atoms with Gasteiger partial charge in [-0.15, -0.1) is 0 Å². The van der Waals surface area contributed by atoms with E-state index in [9.17, 15) is 27.6 Å². The lowest BCUT2D eigenvalue weighted by molar-refractivity contribution is -0.157. The molecular weight excluding hydrogens is 491 g/mol. The van der Waals surface area contributed by atoms with Crippen LogP contribution < -0.4 is 0 Å². The summed E-state index contributed by atoms with van der Waals surface area (Å²) in [6.45, 7) is 2.58. The van der Waals surface area contributed by atoms with Gasteiger partial charge in [0.2, 0.25) is 5.91 Å². The van der Waals surface area contributed by atoms with Crippen molar-refractivity contribution in [2.75, 3.05) is 26.9 Å². The minimum absolute atomic E-state index is 0.0505.